The van der Waals surface area contributed by atoms with Crippen LogP contribution < -0.4 is 10.5 Å². The van der Waals surface area contributed by atoms with Gasteiger partial charge in [-0.05, 0) is 11.8 Å². The molecule has 2 N–H and O–H groups in total. The molecule has 0 spiro atoms. The van der Waals surface area contributed by atoms with Crippen LogP contribution in [0.5, 0.6) is 5.75 Å². The lowest BCUT2D eigenvalue weighted by Crippen LogP contribution is -2.10. The lowest BCUT2D eigenvalue weighted by molar-refractivity contribution is 0.409. The number of benzene rings is 1. The molecule has 0 fully saturated rings. The third kappa shape index (κ3) is 2.66. The summed E-state index contributed by atoms with van der Waals surface area (Å²) in [7, 11) is 1.70. The molecule has 0 radical (unpaired) electrons. The summed E-state index contributed by atoms with van der Waals surface area (Å²) in [6.07, 6.45) is 0. The van der Waals surface area contributed by atoms with E-state index in [4.69, 9.17) is 10.5 Å². The van der Waals surface area contributed by atoms with E-state index in [2.05, 4.69) is 13.0 Å². The van der Waals surface area contributed by atoms with E-state index in [9.17, 15) is 0 Å². The van der Waals surface area contributed by atoms with E-state index >= 15 is 0 Å². The number of rotatable bonds is 5. The van der Waals surface area contributed by atoms with Crippen molar-refractivity contribution in [2.75, 3.05) is 19.4 Å². The van der Waals surface area contributed by atoms with Crippen LogP contribution in [0.25, 0.3) is 0 Å². The fourth-order valence-electron chi connectivity index (χ4n) is 1.42. The highest BCUT2D eigenvalue weighted by atomic mass is 32.2. The van der Waals surface area contributed by atoms with Gasteiger partial charge in [-0.25, -0.2) is 0 Å². The van der Waals surface area contributed by atoms with Crippen molar-refractivity contribution in [2.45, 2.75) is 12.2 Å². The predicted octanol–water partition coefficient (Wildman–Crippen LogP) is 2.45. The molecular weight excluding hydrogens is 194 g/mol. The smallest absolute Gasteiger partial charge is 0.123 e. The van der Waals surface area contributed by atoms with Crippen LogP contribution in [-0.2, 0) is 0 Å². The van der Waals surface area contributed by atoms with Crippen LogP contribution in [-0.4, -0.2) is 19.4 Å². The highest BCUT2D eigenvalue weighted by molar-refractivity contribution is 7.99. The topological polar surface area (TPSA) is 35.2 Å². The Morgan fingerprint density at radius 1 is 1.43 bits per heavy atom. The van der Waals surface area contributed by atoms with Crippen LogP contribution >= 0.6 is 11.8 Å². The second-order valence-corrected chi connectivity index (χ2v) is 4.40. The Bertz CT molecular complexity index is 278. The molecule has 78 valence electrons. The molecule has 1 aromatic rings. The van der Waals surface area contributed by atoms with Gasteiger partial charge in [-0.15, -0.1) is 0 Å². The van der Waals surface area contributed by atoms with Crippen LogP contribution in [0.4, 0.5) is 0 Å². The Balaban J connectivity index is 2.90. The third-order valence-corrected chi connectivity index (χ3v) is 3.25. The first-order valence-electron chi connectivity index (χ1n) is 4.78. The van der Waals surface area contributed by atoms with Crippen molar-refractivity contribution >= 4 is 11.8 Å². The molecule has 1 atom stereocenters. The highest BCUT2D eigenvalue weighted by Gasteiger charge is 2.13. The first-order valence-corrected chi connectivity index (χ1v) is 5.83. The fraction of sp³-hybridized carbons (Fsp3) is 0.455. The summed E-state index contributed by atoms with van der Waals surface area (Å²) in [5, 5.41) is 0.344. The van der Waals surface area contributed by atoms with E-state index in [0.717, 1.165) is 11.5 Å². The molecule has 14 heavy (non-hydrogen) atoms. The zero-order chi connectivity index (χ0) is 10.4. The van der Waals surface area contributed by atoms with Gasteiger partial charge in [-0.3, -0.25) is 0 Å². The molecule has 3 heteroatoms. The molecule has 0 bridgehead atoms. The van der Waals surface area contributed by atoms with Gasteiger partial charge in [0, 0.05) is 17.4 Å². The lowest BCUT2D eigenvalue weighted by atomic mass is 10.1. The summed E-state index contributed by atoms with van der Waals surface area (Å²) in [6.45, 7) is 2.79. The van der Waals surface area contributed by atoms with Crippen molar-refractivity contribution in [2.24, 2.45) is 5.73 Å². The molecular formula is C11H17NOS. The zero-order valence-electron chi connectivity index (χ0n) is 8.69. The minimum atomic E-state index is 0.344. The Morgan fingerprint density at radius 3 is 2.71 bits per heavy atom. The van der Waals surface area contributed by atoms with E-state index in [0.29, 0.717) is 11.8 Å². The summed E-state index contributed by atoms with van der Waals surface area (Å²) in [6, 6.07) is 8.07. The number of thioether (sulfide) groups is 1. The van der Waals surface area contributed by atoms with Crippen molar-refractivity contribution in [1.29, 1.82) is 0 Å². The number of hydrogen-bond donors (Lipinski definition) is 1. The third-order valence-electron chi connectivity index (χ3n) is 2.07. The largest absolute Gasteiger partial charge is 0.496 e. The molecule has 0 aliphatic carbocycles. The number of methoxy groups -OCH3 is 1. The Labute approximate surface area is 89.8 Å². The Morgan fingerprint density at radius 2 is 2.14 bits per heavy atom. The van der Waals surface area contributed by atoms with Crippen LogP contribution in [0.15, 0.2) is 24.3 Å². The average molecular weight is 211 g/mol. The molecule has 0 aromatic heterocycles. The molecule has 0 aliphatic rings. The maximum atomic E-state index is 5.74. The van der Waals surface area contributed by atoms with Crippen LogP contribution in [0.3, 0.4) is 0 Å². The highest BCUT2D eigenvalue weighted by Crippen LogP contribution is 2.33. The molecule has 1 unspecified atom stereocenters. The second kappa shape index (κ2) is 5.94. The quantitative estimate of drug-likeness (QED) is 0.812. The standard InChI is InChI=1S/C11H17NOS/c1-3-14-11(8-12)9-6-4-5-7-10(9)13-2/h4-7,11H,3,8,12H2,1-2H3. The summed E-state index contributed by atoms with van der Waals surface area (Å²) < 4.78 is 5.31. The first-order chi connectivity index (χ1) is 6.83. The maximum Gasteiger partial charge on any atom is 0.123 e. The number of para-hydroxylation sites is 1. The van der Waals surface area contributed by atoms with E-state index in [1.807, 2.05) is 30.0 Å². The fourth-order valence-corrected chi connectivity index (χ4v) is 2.33. The van der Waals surface area contributed by atoms with E-state index in [-0.39, 0.29) is 0 Å². The monoisotopic (exact) mass is 211 g/mol. The summed E-state index contributed by atoms with van der Waals surface area (Å²) in [5.41, 5.74) is 6.94. The molecule has 1 rings (SSSR count). The van der Waals surface area contributed by atoms with Gasteiger partial charge in [-0.1, -0.05) is 25.1 Å². The second-order valence-electron chi connectivity index (χ2n) is 2.92. The van der Waals surface area contributed by atoms with Gasteiger partial charge in [0.2, 0.25) is 0 Å². The van der Waals surface area contributed by atoms with Crippen LogP contribution in [0, 0.1) is 0 Å². The van der Waals surface area contributed by atoms with Crippen molar-refractivity contribution in [3.8, 4) is 5.75 Å². The SMILES string of the molecule is CCSC(CN)c1ccccc1OC. The Kier molecular flexibility index (Phi) is 4.84. The van der Waals surface area contributed by atoms with Gasteiger partial charge >= 0.3 is 0 Å². The minimum absolute atomic E-state index is 0.344. The summed E-state index contributed by atoms with van der Waals surface area (Å²) in [5.74, 6) is 2.00. The van der Waals surface area contributed by atoms with Crippen molar-refractivity contribution in [3.63, 3.8) is 0 Å². The van der Waals surface area contributed by atoms with Crippen LogP contribution in [0.1, 0.15) is 17.7 Å². The van der Waals surface area contributed by atoms with Gasteiger partial charge in [0.05, 0.1) is 7.11 Å². The summed E-state index contributed by atoms with van der Waals surface area (Å²) in [4.78, 5) is 0. The minimum Gasteiger partial charge on any atom is -0.496 e. The zero-order valence-corrected chi connectivity index (χ0v) is 9.51. The van der Waals surface area contributed by atoms with Crippen molar-refractivity contribution in [3.05, 3.63) is 29.8 Å². The molecule has 2 nitrogen and oxygen atoms in total. The van der Waals surface area contributed by atoms with Gasteiger partial charge in [0.1, 0.15) is 5.75 Å². The molecule has 0 saturated carbocycles. The average Bonchev–Trinajstić information content (AvgIpc) is 2.26. The molecule has 0 aliphatic heterocycles. The lowest BCUT2D eigenvalue weighted by Gasteiger charge is -2.16. The van der Waals surface area contributed by atoms with Crippen molar-refractivity contribution in [1.82, 2.24) is 0 Å². The van der Waals surface area contributed by atoms with E-state index in [1.54, 1.807) is 7.11 Å². The first kappa shape index (κ1) is 11.4. The molecule has 0 amide bonds. The molecule has 1 aromatic carbocycles. The maximum absolute atomic E-state index is 5.74. The van der Waals surface area contributed by atoms with Gasteiger partial charge in [0.15, 0.2) is 0 Å². The van der Waals surface area contributed by atoms with Gasteiger partial charge in [0.25, 0.3) is 0 Å². The van der Waals surface area contributed by atoms with Crippen LogP contribution in [0.2, 0.25) is 0 Å². The van der Waals surface area contributed by atoms with E-state index in [1.165, 1.54) is 5.56 Å². The summed E-state index contributed by atoms with van der Waals surface area (Å²) >= 11 is 1.85. The number of ether oxygens (including phenoxy) is 1. The number of nitrogens with two attached hydrogens (primary N) is 1. The Hall–Kier alpha value is -0.670. The van der Waals surface area contributed by atoms with Gasteiger partial charge < -0.3 is 10.5 Å². The normalized spacial score (nSPS) is 12.5. The van der Waals surface area contributed by atoms with Gasteiger partial charge in [-0.2, -0.15) is 11.8 Å². The van der Waals surface area contributed by atoms with E-state index < -0.39 is 0 Å². The number of hydrogen-bond acceptors (Lipinski definition) is 3. The molecule has 0 heterocycles. The molecule has 0 saturated heterocycles. The van der Waals surface area contributed by atoms with Crippen molar-refractivity contribution < 1.29 is 4.74 Å². The predicted molar refractivity (Wildman–Crippen MR) is 62.9 cm³/mol.